The van der Waals surface area contributed by atoms with E-state index in [2.05, 4.69) is 10.2 Å². The molecule has 3 atom stereocenters. The molecule has 5 rings (SSSR count). The Morgan fingerprint density at radius 3 is 3.00 bits per heavy atom. The molecule has 1 amide bonds. The lowest BCUT2D eigenvalue weighted by Crippen LogP contribution is -2.46. The number of anilines is 1. The smallest absolute Gasteiger partial charge is 0.254 e. The molecule has 2 fully saturated rings. The Hall–Kier alpha value is -2.71. The van der Waals surface area contributed by atoms with Crippen LogP contribution in [0.5, 0.6) is 0 Å². The van der Waals surface area contributed by atoms with Crippen LogP contribution in [0.15, 0.2) is 42.0 Å². The third-order valence-electron chi connectivity index (χ3n) is 6.62. The van der Waals surface area contributed by atoms with Crippen molar-refractivity contribution in [1.82, 2.24) is 20.1 Å². The number of thiophene rings is 1. The fourth-order valence-corrected chi connectivity index (χ4v) is 5.92. The first-order chi connectivity index (χ1) is 14.9. The van der Waals surface area contributed by atoms with Gasteiger partial charge in [0.25, 0.3) is 5.91 Å². The summed E-state index contributed by atoms with van der Waals surface area (Å²) in [5.41, 5.74) is 1.41. The number of amides is 1. The van der Waals surface area contributed by atoms with Gasteiger partial charge in [-0.2, -0.15) is 5.10 Å². The van der Waals surface area contributed by atoms with Gasteiger partial charge in [-0.25, -0.2) is 4.98 Å². The SMILES string of the molecule is CN(C)c1cccc(C2(O)CC3CCCN(C(=O)c4csc(-c5cn[nH]c5)c4)C3C2)n1. The van der Waals surface area contributed by atoms with Gasteiger partial charge in [-0.15, -0.1) is 11.3 Å². The number of aromatic amines is 1. The maximum atomic E-state index is 13.4. The number of fused-ring (bicyclic) bond motifs is 1. The minimum Gasteiger partial charge on any atom is -0.383 e. The van der Waals surface area contributed by atoms with Gasteiger partial charge in [0.1, 0.15) is 11.4 Å². The Kier molecular flexibility index (Phi) is 5.06. The molecule has 7 nitrogen and oxygen atoms in total. The van der Waals surface area contributed by atoms with E-state index in [4.69, 9.17) is 4.98 Å². The molecule has 1 aliphatic heterocycles. The highest BCUT2D eigenvalue weighted by Crippen LogP contribution is 2.48. The summed E-state index contributed by atoms with van der Waals surface area (Å²) in [7, 11) is 3.90. The first kappa shape index (κ1) is 20.2. The maximum absolute atomic E-state index is 13.4. The van der Waals surface area contributed by atoms with Crippen LogP contribution in [0.1, 0.15) is 41.7 Å². The largest absolute Gasteiger partial charge is 0.383 e. The van der Waals surface area contributed by atoms with Crippen molar-refractivity contribution in [2.45, 2.75) is 37.3 Å². The molecule has 1 saturated carbocycles. The molecular weight excluding hydrogens is 410 g/mol. The predicted molar refractivity (Wildman–Crippen MR) is 121 cm³/mol. The lowest BCUT2D eigenvalue weighted by atomic mass is 9.91. The van der Waals surface area contributed by atoms with Crippen LogP contribution < -0.4 is 4.90 Å². The summed E-state index contributed by atoms with van der Waals surface area (Å²) in [6.07, 6.45) is 6.79. The molecule has 3 unspecified atom stereocenters. The van der Waals surface area contributed by atoms with Gasteiger partial charge in [-0.05, 0) is 43.4 Å². The van der Waals surface area contributed by atoms with Crippen LogP contribution in [0.4, 0.5) is 5.82 Å². The third-order valence-corrected chi connectivity index (χ3v) is 7.60. The number of carbonyl (C=O) groups is 1. The predicted octanol–water partition coefficient (Wildman–Crippen LogP) is 3.50. The molecular formula is C23H27N5O2S. The highest BCUT2D eigenvalue weighted by molar-refractivity contribution is 7.13. The molecule has 3 aromatic heterocycles. The van der Waals surface area contributed by atoms with Crippen LogP contribution in [0.25, 0.3) is 10.4 Å². The van der Waals surface area contributed by atoms with E-state index in [-0.39, 0.29) is 11.9 Å². The zero-order valence-electron chi connectivity index (χ0n) is 17.8. The van der Waals surface area contributed by atoms with Crippen molar-refractivity contribution in [1.29, 1.82) is 0 Å². The molecule has 2 N–H and O–H groups in total. The number of aliphatic hydroxyl groups is 1. The molecule has 3 aromatic rings. The summed E-state index contributed by atoms with van der Waals surface area (Å²) >= 11 is 1.55. The summed E-state index contributed by atoms with van der Waals surface area (Å²) in [6.45, 7) is 0.734. The molecule has 2 aliphatic rings. The number of hydrogen-bond donors (Lipinski definition) is 2. The highest BCUT2D eigenvalue weighted by Gasteiger charge is 2.50. The summed E-state index contributed by atoms with van der Waals surface area (Å²) in [4.78, 5) is 23.1. The number of carbonyl (C=O) groups excluding carboxylic acids is 1. The van der Waals surface area contributed by atoms with Crippen LogP contribution in [-0.4, -0.2) is 57.8 Å². The number of hydrogen-bond acceptors (Lipinski definition) is 6. The van der Waals surface area contributed by atoms with Crippen molar-refractivity contribution in [2.24, 2.45) is 5.92 Å². The lowest BCUT2D eigenvalue weighted by molar-refractivity contribution is 0.0295. The number of pyridine rings is 1. The van der Waals surface area contributed by atoms with Gasteiger partial charge in [-0.3, -0.25) is 9.89 Å². The minimum absolute atomic E-state index is 0.0355. The van der Waals surface area contributed by atoms with Gasteiger partial charge >= 0.3 is 0 Å². The van der Waals surface area contributed by atoms with Gasteiger partial charge < -0.3 is 14.9 Å². The quantitative estimate of drug-likeness (QED) is 0.653. The lowest BCUT2D eigenvalue weighted by Gasteiger charge is -2.37. The average molecular weight is 438 g/mol. The number of nitrogens with one attached hydrogen (secondary N) is 1. The monoisotopic (exact) mass is 437 g/mol. The van der Waals surface area contributed by atoms with Crippen LogP contribution in [0.2, 0.25) is 0 Å². The summed E-state index contributed by atoms with van der Waals surface area (Å²) < 4.78 is 0. The van der Waals surface area contributed by atoms with E-state index in [1.165, 1.54) is 0 Å². The molecule has 8 heteroatoms. The van der Waals surface area contributed by atoms with E-state index in [0.717, 1.165) is 35.6 Å². The first-order valence-corrected chi connectivity index (χ1v) is 11.6. The van der Waals surface area contributed by atoms with Crippen molar-refractivity contribution in [2.75, 3.05) is 25.5 Å². The number of aromatic nitrogens is 3. The van der Waals surface area contributed by atoms with Crippen LogP contribution >= 0.6 is 11.3 Å². The molecule has 4 heterocycles. The van der Waals surface area contributed by atoms with Gasteiger partial charge in [0.2, 0.25) is 0 Å². The van der Waals surface area contributed by atoms with E-state index in [9.17, 15) is 9.90 Å². The number of rotatable bonds is 4. The van der Waals surface area contributed by atoms with Gasteiger partial charge in [0.15, 0.2) is 0 Å². The zero-order valence-corrected chi connectivity index (χ0v) is 18.6. The molecule has 1 saturated heterocycles. The minimum atomic E-state index is -0.999. The molecule has 162 valence electrons. The Morgan fingerprint density at radius 1 is 1.35 bits per heavy atom. The van der Waals surface area contributed by atoms with Gasteiger partial charge in [0, 0.05) is 55.1 Å². The standard InChI is InChI=1S/C23H27N5O2S/c1-27(2)21-7-3-6-20(26-21)23(30)10-15-5-4-8-28(18(15)11-23)22(29)16-9-19(31-14-16)17-12-24-25-13-17/h3,6-7,9,12-15,18,30H,4-5,8,10-11H2,1-2H3,(H,24,25). The summed E-state index contributed by atoms with van der Waals surface area (Å²) in [5.74, 6) is 1.18. The zero-order chi connectivity index (χ0) is 21.6. The topological polar surface area (TPSA) is 85.4 Å². The normalized spacial score (nSPS) is 25.5. The fourth-order valence-electron chi connectivity index (χ4n) is 5.06. The molecule has 0 spiro atoms. The van der Waals surface area contributed by atoms with E-state index >= 15 is 0 Å². The number of nitrogens with zero attached hydrogens (tertiary/aromatic N) is 4. The van der Waals surface area contributed by atoms with E-state index in [0.29, 0.717) is 30.0 Å². The van der Waals surface area contributed by atoms with Crippen molar-refractivity contribution >= 4 is 23.1 Å². The molecule has 0 radical (unpaired) electrons. The van der Waals surface area contributed by atoms with Crippen molar-refractivity contribution in [3.63, 3.8) is 0 Å². The molecule has 0 bridgehead atoms. The second kappa shape index (κ2) is 7.76. The number of likely N-dealkylation sites (tertiary alicyclic amines) is 1. The van der Waals surface area contributed by atoms with Crippen LogP contribution in [0.3, 0.4) is 0 Å². The van der Waals surface area contributed by atoms with Gasteiger partial charge in [-0.1, -0.05) is 6.07 Å². The number of H-pyrrole nitrogens is 1. The molecule has 31 heavy (non-hydrogen) atoms. The maximum Gasteiger partial charge on any atom is 0.254 e. The van der Waals surface area contributed by atoms with Crippen LogP contribution in [0, 0.1) is 5.92 Å². The van der Waals surface area contributed by atoms with Crippen molar-refractivity contribution < 1.29 is 9.90 Å². The molecule has 0 aromatic carbocycles. The fraction of sp³-hybridized carbons (Fsp3) is 0.435. The Labute approximate surface area is 185 Å². The van der Waals surface area contributed by atoms with E-state index in [1.54, 1.807) is 17.5 Å². The van der Waals surface area contributed by atoms with Gasteiger partial charge in [0.05, 0.1) is 17.5 Å². The second-order valence-electron chi connectivity index (χ2n) is 8.87. The first-order valence-electron chi connectivity index (χ1n) is 10.7. The van der Waals surface area contributed by atoms with E-state index < -0.39 is 5.60 Å². The van der Waals surface area contributed by atoms with Crippen LogP contribution in [-0.2, 0) is 5.60 Å². The molecule has 1 aliphatic carbocycles. The van der Waals surface area contributed by atoms with Crippen molar-refractivity contribution in [3.8, 4) is 10.4 Å². The Bertz CT molecular complexity index is 1080. The summed E-state index contributed by atoms with van der Waals surface area (Å²) in [5, 5.41) is 20.3. The average Bonchev–Trinajstić information content (AvgIpc) is 3.51. The number of piperidine rings is 1. The van der Waals surface area contributed by atoms with E-state index in [1.807, 2.05) is 59.7 Å². The Balaban J connectivity index is 1.39. The summed E-state index contributed by atoms with van der Waals surface area (Å²) in [6, 6.07) is 7.78. The van der Waals surface area contributed by atoms with Crippen molar-refractivity contribution in [3.05, 3.63) is 53.3 Å². The second-order valence-corrected chi connectivity index (χ2v) is 9.78. The Morgan fingerprint density at radius 2 is 2.23 bits per heavy atom. The third kappa shape index (κ3) is 3.64. The highest BCUT2D eigenvalue weighted by atomic mass is 32.1.